The van der Waals surface area contributed by atoms with Crippen LogP contribution in [0.4, 0.5) is 0 Å². The Hall–Kier alpha value is -3.28. The normalized spacial score (nSPS) is 10.6. The van der Waals surface area contributed by atoms with Gasteiger partial charge in [-0.05, 0) is 24.6 Å². The van der Waals surface area contributed by atoms with Gasteiger partial charge in [-0.2, -0.15) is 0 Å². The van der Waals surface area contributed by atoms with Crippen LogP contribution in [0.3, 0.4) is 0 Å². The van der Waals surface area contributed by atoms with E-state index in [0.717, 1.165) is 16.8 Å². The molecule has 0 spiro atoms. The minimum atomic E-state index is -0.493. The van der Waals surface area contributed by atoms with Crippen molar-refractivity contribution in [1.29, 1.82) is 0 Å². The van der Waals surface area contributed by atoms with E-state index in [-0.39, 0.29) is 6.61 Å². The van der Waals surface area contributed by atoms with Crippen LogP contribution < -0.4 is 4.74 Å². The maximum Gasteiger partial charge on any atom is 0.343 e. The number of hydrogen-bond acceptors (Lipinski definition) is 5. The van der Waals surface area contributed by atoms with E-state index in [1.807, 2.05) is 54.0 Å². The number of ether oxygens (including phenoxy) is 3. The fourth-order valence-corrected chi connectivity index (χ4v) is 3.13. The summed E-state index contributed by atoms with van der Waals surface area (Å²) >= 11 is 0. The highest BCUT2D eigenvalue weighted by Gasteiger charge is 2.24. The van der Waals surface area contributed by atoms with Gasteiger partial charge in [0, 0.05) is 12.2 Å². The second kappa shape index (κ2) is 7.95. The van der Waals surface area contributed by atoms with E-state index in [2.05, 4.69) is 4.74 Å². The molecular weight excluding hydrogens is 346 g/mol. The van der Waals surface area contributed by atoms with Crippen molar-refractivity contribution >= 4 is 22.8 Å². The lowest BCUT2D eigenvalue weighted by atomic mass is 10.1. The monoisotopic (exact) mass is 367 g/mol. The van der Waals surface area contributed by atoms with Crippen molar-refractivity contribution in [3.63, 3.8) is 0 Å². The van der Waals surface area contributed by atoms with Crippen LogP contribution >= 0.6 is 0 Å². The SMILES string of the molecule is COC(=O)COc1cccc2c1c(C(=O)OC)c(C)n2Cc1ccccc1. The van der Waals surface area contributed by atoms with E-state index in [9.17, 15) is 9.59 Å². The van der Waals surface area contributed by atoms with Gasteiger partial charge in [-0.15, -0.1) is 0 Å². The van der Waals surface area contributed by atoms with Crippen molar-refractivity contribution in [2.75, 3.05) is 20.8 Å². The number of methoxy groups -OCH3 is 2. The lowest BCUT2D eigenvalue weighted by Crippen LogP contribution is -2.13. The highest BCUT2D eigenvalue weighted by Crippen LogP contribution is 2.34. The zero-order valence-electron chi connectivity index (χ0n) is 15.5. The van der Waals surface area contributed by atoms with Gasteiger partial charge in [-0.25, -0.2) is 9.59 Å². The standard InChI is InChI=1S/C21H21NO5/c1-14-19(21(24)26-3)20-16(22(14)12-15-8-5-4-6-9-15)10-7-11-17(20)27-13-18(23)25-2/h4-11H,12-13H2,1-3H3. The van der Waals surface area contributed by atoms with E-state index < -0.39 is 11.9 Å². The first-order valence-corrected chi connectivity index (χ1v) is 8.50. The first-order valence-electron chi connectivity index (χ1n) is 8.50. The smallest absolute Gasteiger partial charge is 0.343 e. The highest BCUT2D eigenvalue weighted by atomic mass is 16.6. The van der Waals surface area contributed by atoms with Gasteiger partial charge in [0.1, 0.15) is 5.75 Å². The average molecular weight is 367 g/mol. The number of hydrogen-bond donors (Lipinski definition) is 0. The average Bonchev–Trinajstić information content (AvgIpc) is 2.98. The van der Waals surface area contributed by atoms with Gasteiger partial charge >= 0.3 is 11.9 Å². The summed E-state index contributed by atoms with van der Waals surface area (Å²) < 4.78 is 17.3. The van der Waals surface area contributed by atoms with Crippen LogP contribution in [0, 0.1) is 6.92 Å². The predicted octanol–water partition coefficient (Wildman–Crippen LogP) is 3.34. The molecule has 0 bridgehead atoms. The fourth-order valence-electron chi connectivity index (χ4n) is 3.13. The number of carbonyl (C=O) groups is 2. The van der Waals surface area contributed by atoms with E-state index in [4.69, 9.17) is 9.47 Å². The molecule has 27 heavy (non-hydrogen) atoms. The zero-order valence-corrected chi connectivity index (χ0v) is 15.5. The van der Waals surface area contributed by atoms with Crippen molar-refractivity contribution < 1.29 is 23.8 Å². The molecule has 140 valence electrons. The van der Waals surface area contributed by atoms with Crippen LogP contribution in [0.1, 0.15) is 21.6 Å². The van der Waals surface area contributed by atoms with Gasteiger partial charge in [0.25, 0.3) is 0 Å². The number of benzene rings is 2. The Balaban J connectivity index is 2.15. The number of rotatable bonds is 6. The van der Waals surface area contributed by atoms with Crippen molar-refractivity contribution in [2.45, 2.75) is 13.5 Å². The minimum absolute atomic E-state index is 0.237. The van der Waals surface area contributed by atoms with Crippen LogP contribution in [0.15, 0.2) is 48.5 Å². The molecule has 1 heterocycles. The van der Waals surface area contributed by atoms with Crippen molar-refractivity contribution in [3.8, 4) is 5.75 Å². The molecule has 6 heteroatoms. The molecule has 1 aromatic heterocycles. The molecule has 0 atom stereocenters. The predicted molar refractivity (Wildman–Crippen MR) is 101 cm³/mol. The Kier molecular flexibility index (Phi) is 5.45. The van der Waals surface area contributed by atoms with Crippen molar-refractivity contribution in [2.24, 2.45) is 0 Å². The van der Waals surface area contributed by atoms with Gasteiger partial charge in [-0.1, -0.05) is 36.4 Å². The first kappa shape index (κ1) is 18.5. The van der Waals surface area contributed by atoms with E-state index in [1.54, 1.807) is 6.07 Å². The molecule has 3 rings (SSSR count). The summed E-state index contributed by atoms with van der Waals surface area (Å²) in [5.74, 6) is -0.501. The first-order chi connectivity index (χ1) is 13.1. The van der Waals surface area contributed by atoms with Gasteiger partial charge in [-0.3, -0.25) is 0 Å². The van der Waals surface area contributed by atoms with Crippen LogP contribution in [0.5, 0.6) is 5.75 Å². The third-order valence-electron chi connectivity index (χ3n) is 4.46. The molecule has 0 aliphatic carbocycles. The quantitative estimate of drug-likeness (QED) is 0.625. The van der Waals surface area contributed by atoms with E-state index >= 15 is 0 Å². The Morgan fingerprint density at radius 1 is 0.963 bits per heavy atom. The Bertz CT molecular complexity index is 975. The molecule has 0 unspecified atom stereocenters. The molecule has 0 aliphatic rings. The van der Waals surface area contributed by atoms with Crippen LogP contribution in [-0.2, 0) is 20.8 Å². The molecule has 0 radical (unpaired) electrons. The molecule has 0 aliphatic heterocycles. The summed E-state index contributed by atoms with van der Waals surface area (Å²) in [6.07, 6.45) is 0. The third kappa shape index (κ3) is 3.65. The Morgan fingerprint density at radius 2 is 1.70 bits per heavy atom. The summed E-state index contributed by atoms with van der Waals surface area (Å²) in [4.78, 5) is 23.9. The van der Waals surface area contributed by atoms with Crippen LogP contribution in [0.25, 0.3) is 10.9 Å². The second-order valence-corrected chi connectivity index (χ2v) is 6.04. The second-order valence-electron chi connectivity index (χ2n) is 6.04. The molecular formula is C21H21NO5. The number of esters is 2. The summed E-state index contributed by atoms with van der Waals surface area (Å²) in [5.41, 5.74) is 3.15. The largest absolute Gasteiger partial charge is 0.481 e. The van der Waals surface area contributed by atoms with Gasteiger partial charge in [0.2, 0.25) is 0 Å². The molecule has 6 nitrogen and oxygen atoms in total. The number of carbonyl (C=O) groups excluding carboxylic acids is 2. The topological polar surface area (TPSA) is 66.8 Å². The molecule has 0 saturated heterocycles. The minimum Gasteiger partial charge on any atom is -0.481 e. The number of nitrogens with zero attached hydrogens (tertiary/aromatic N) is 1. The fraction of sp³-hybridized carbons (Fsp3) is 0.238. The van der Waals surface area contributed by atoms with E-state index in [0.29, 0.717) is 23.2 Å². The van der Waals surface area contributed by atoms with E-state index in [1.165, 1.54) is 14.2 Å². The molecule has 0 saturated carbocycles. The number of fused-ring (bicyclic) bond motifs is 1. The van der Waals surface area contributed by atoms with Gasteiger partial charge in [0.05, 0.1) is 30.7 Å². The highest BCUT2D eigenvalue weighted by molar-refractivity contribution is 6.08. The summed E-state index contributed by atoms with van der Waals surface area (Å²) in [6.45, 7) is 2.24. The maximum absolute atomic E-state index is 12.5. The molecule has 0 amide bonds. The summed E-state index contributed by atoms with van der Waals surface area (Å²) in [6, 6.07) is 15.4. The maximum atomic E-state index is 12.5. The van der Waals surface area contributed by atoms with Crippen molar-refractivity contribution in [1.82, 2.24) is 4.57 Å². The molecule has 2 aromatic carbocycles. The zero-order chi connectivity index (χ0) is 19.4. The number of aromatic nitrogens is 1. The molecule has 3 aromatic rings. The lowest BCUT2D eigenvalue weighted by Gasteiger charge is -2.09. The Labute approximate surface area is 157 Å². The van der Waals surface area contributed by atoms with Crippen molar-refractivity contribution in [3.05, 3.63) is 65.4 Å². The lowest BCUT2D eigenvalue weighted by molar-refractivity contribution is -0.142. The summed E-state index contributed by atoms with van der Waals surface area (Å²) in [5, 5.41) is 0.627. The molecule has 0 fully saturated rings. The molecule has 0 N–H and O–H groups in total. The third-order valence-corrected chi connectivity index (χ3v) is 4.46. The van der Waals surface area contributed by atoms with Gasteiger partial charge < -0.3 is 18.8 Å². The Morgan fingerprint density at radius 3 is 2.37 bits per heavy atom. The summed E-state index contributed by atoms with van der Waals surface area (Å²) in [7, 11) is 2.65. The van der Waals surface area contributed by atoms with Crippen LogP contribution in [-0.4, -0.2) is 37.3 Å². The van der Waals surface area contributed by atoms with Gasteiger partial charge in [0.15, 0.2) is 6.61 Å². The van der Waals surface area contributed by atoms with Crippen LogP contribution in [0.2, 0.25) is 0 Å².